The van der Waals surface area contributed by atoms with Crippen LogP contribution in [0.1, 0.15) is 60.2 Å². The maximum atomic E-state index is 15.1. The van der Waals surface area contributed by atoms with E-state index in [9.17, 15) is 23.5 Å². The van der Waals surface area contributed by atoms with E-state index in [1.807, 2.05) is 0 Å². The first-order valence-electron chi connectivity index (χ1n) is 10.5. The van der Waals surface area contributed by atoms with Crippen LogP contribution in [0.2, 0.25) is 0 Å². The number of carbonyl (C=O) groups excluding carboxylic acids is 1. The molecule has 0 aromatic carbocycles. The minimum atomic E-state index is -2.90. The summed E-state index contributed by atoms with van der Waals surface area (Å²) in [5.74, 6) is -2.56. The number of halogens is 3. The fraction of sp³-hybridized carbons (Fsp3) is 0.409. The topological polar surface area (TPSA) is 112 Å². The van der Waals surface area contributed by atoms with E-state index in [0.29, 0.717) is 10.2 Å². The van der Waals surface area contributed by atoms with Crippen molar-refractivity contribution in [3.8, 4) is 11.7 Å². The predicted molar refractivity (Wildman–Crippen MR) is 115 cm³/mol. The largest absolute Gasteiger partial charge is 0.474 e. The van der Waals surface area contributed by atoms with Gasteiger partial charge >= 0.3 is 5.69 Å². The zero-order valence-electron chi connectivity index (χ0n) is 19.0. The van der Waals surface area contributed by atoms with Crippen LogP contribution in [0.15, 0.2) is 23.1 Å². The number of carbonyl (C=O) groups is 1. The lowest BCUT2D eigenvalue weighted by atomic mass is 9.98. The van der Waals surface area contributed by atoms with Crippen molar-refractivity contribution >= 4 is 5.78 Å². The van der Waals surface area contributed by atoms with Crippen LogP contribution < -0.4 is 10.4 Å². The summed E-state index contributed by atoms with van der Waals surface area (Å²) >= 11 is 0. The van der Waals surface area contributed by atoms with Gasteiger partial charge in [-0.25, -0.2) is 18.0 Å². The standard InChI is InChI=1S/C22H24F3N5O4/c1-5-29-17(10-31)28-30(22(29)33)20-15(23)8-14(21(27-20)34-11(2)3)16(32)9-13-12(4)6-7-26-18(13)19(24)25/h6-8,11,19,31H,5,9-10H2,1-4H3. The number of hydrogen-bond acceptors (Lipinski definition) is 7. The molecule has 0 aliphatic rings. The summed E-state index contributed by atoms with van der Waals surface area (Å²) < 4.78 is 49.3. The molecule has 9 nitrogen and oxygen atoms in total. The molecule has 0 spiro atoms. The Bertz CT molecular complexity index is 1270. The highest BCUT2D eigenvalue weighted by Gasteiger charge is 2.26. The number of aromatic nitrogens is 5. The molecule has 1 N–H and O–H groups in total. The van der Waals surface area contributed by atoms with Gasteiger partial charge in [0.15, 0.2) is 23.2 Å². The smallest absolute Gasteiger partial charge is 0.352 e. The summed E-state index contributed by atoms with van der Waals surface area (Å²) in [5.41, 5.74) is -1.07. The van der Waals surface area contributed by atoms with Gasteiger partial charge in [-0.3, -0.25) is 14.3 Å². The maximum Gasteiger partial charge on any atom is 0.352 e. The van der Waals surface area contributed by atoms with Gasteiger partial charge in [-0.2, -0.15) is 9.67 Å². The Morgan fingerprint density at radius 3 is 2.56 bits per heavy atom. The van der Waals surface area contributed by atoms with Gasteiger partial charge in [-0.1, -0.05) is 0 Å². The minimum absolute atomic E-state index is 0.00626. The molecule has 182 valence electrons. The number of pyridine rings is 2. The SMILES string of the molecule is CCn1c(CO)nn(-c2nc(OC(C)C)c(C(=O)Cc3c(C)ccnc3C(F)F)cc2F)c1=O. The van der Waals surface area contributed by atoms with E-state index in [-0.39, 0.29) is 29.4 Å². The number of rotatable bonds is 9. The molecule has 0 aliphatic heterocycles. The summed E-state index contributed by atoms with van der Waals surface area (Å²) in [6.07, 6.45) is -2.63. The van der Waals surface area contributed by atoms with Crippen LogP contribution in [-0.4, -0.2) is 41.3 Å². The second kappa shape index (κ2) is 10.2. The Morgan fingerprint density at radius 2 is 2.00 bits per heavy atom. The second-order valence-electron chi connectivity index (χ2n) is 7.72. The summed E-state index contributed by atoms with van der Waals surface area (Å²) in [7, 11) is 0. The van der Waals surface area contributed by atoms with Crippen molar-refractivity contribution in [2.45, 2.75) is 59.8 Å². The Kier molecular flexibility index (Phi) is 7.50. The number of aliphatic hydroxyl groups excluding tert-OH is 1. The van der Waals surface area contributed by atoms with E-state index < -0.39 is 54.4 Å². The zero-order chi connectivity index (χ0) is 25.2. The quantitative estimate of drug-likeness (QED) is 0.470. The summed E-state index contributed by atoms with van der Waals surface area (Å²) in [5, 5.41) is 13.4. The third kappa shape index (κ3) is 4.86. The molecule has 0 amide bonds. The highest BCUT2D eigenvalue weighted by atomic mass is 19.3. The normalized spacial score (nSPS) is 11.5. The first-order chi connectivity index (χ1) is 16.1. The van der Waals surface area contributed by atoms with E-state index in [1.54, 1.807) is 27.7 Å². The van der Waals surface area contributed by atoms with Gasteiger partial charge in [0.2, 0.25) is 5.88 Å². The molecule has 0 unspecified atom stereocenters. The fourth-order valence-electron chi connectivity index (χ4n) is 3.42. The van der Waals surface area contributed by atoms with Crippen molar-refractivity contribution in [2.75, 3.05) is 0 Å². The van der Waals surface area contributed by atoms with Gasteiger partial charge in [-0.05, 0) is 51.0 Å². The molecule has 0 radical (unpaired) electrons. The lowest BCUT2D eigenvalue weighted by molar-refractivity contribution is 0.0982. The van der Waals surface area contributed by atoms with Gasteiger partial charge in [0.1, 0.15) is 12.3 Å². The molecule has 12 heteroatoms. The van der Waals surface area contributed by atoms with E-state index in [4.69, 9.17) is 4.74 Å². The summed E-state index contributed by atoms with van der Waals surface area (Å²) in [6, 6.07) is 2.34. The third-order valence-electron chi connectivity index (χ3n) is 5.04. The van der Waals surface area contributed by atoms with Crippen LogP contribution in [-0.2, 0) is 19.6 Å². The lowest BCUT2D eigenvalue weighted by Crippen LogP contribution is -2.26. The van der Waals surface area contributed by atoms with Crippen molar-refractivity contribution in [2.24, 2.45) is 0 Å². The number of aliphatic hydroxyl groups is 1. The van der Waals surface area contributed by atoms with Gasteiger partial charge in [0.25, 0.3) is 6.43 Å². The number of alkyl halides is 2. The van der Waals surface area contributed by atoms with E-state index in [2.05, 4.69) is 15.1 Å². The van der Waals surface area contributed by atoms with Crippen molar-refractivity contribution in [1.29, 1.82) is 0 Å². The number of aryl methyl sites for hydroxylation is 1. The Morgan fingerprint density at radius 1 is 1.29 bits per heavy atom. The van der Waals surface area contributed by atoms with Crippen molar-refractivity contribution in [1.82, 2.24) is 24.3 Å². The number of hydrogen-bond donors (Lipinski definition) is 1. The van der Waals surface area contributed by atoms with Crippen LogP contribution in [0.5, 0.6) is 5.88 Å². The summed E-state index contributed by atoms with van der Waals surface area (Å²) in [6.45, 7) is 6.15. The van der Waals surface area contributed by atoms with Gasteiger partial charge in [0.05, 0.1) is 11.7 Å². The molecule has 34 heavy (non-hydrogen) atoms. The average molecular weight is 479 g/mol. The molecule has 3 aromatic rings. The predicted octanol–water partition coefficient (Wildman–Crippen LogP) is 2.93. The van der Waals surface area contributed by atoms with Crippen LogP contribution in [0.4, 0.5) is 13.2 Å². The lowest BCUT2D eigenvalue weighted by Gasteiger charge is -2.15. The Hall–Kier alpha value is -3.54. The molecule has 0 saturated heterocycles. The van der Waals surface area contributed by atoms with Crippen molar-refractivity contribution in [3.05, 3.63) is 62.8 Å². The van der Waals surface area contributed by atoms with E-state index in [0.717, 1.165) is 10.6 Å². The highest BCUT2D eigenvalue weighted by Crippen LogP contribution is 2.27. The average Bonchev–Trinajstić information content (AvgIpc) is 3.10. The van der Waals surface area contributed by atoms with Gasteiger partial charge in [-0.15, -0.1) is 5.10 Å². The number of ketones is 1. The van der Waals surface area contributed by atoms with E-state index >= 15 is 4.39 Å². The second-order valence-corrected chi connectivity index (χ2v) is 7.72. The number of Topliss-reactive ketones (excluding diaryl/α,β-unsaturated/α-hetero) is 1. The number of nitrogens with zero attached hydrogens (tertiary/aromatic N) is 5. The fourth-order valence-corrected chi connectivity index (χ4v) is 3.42. The van der Waals surface area contributed by atoms with Gasteiger partial charge in [0, 0.05) is 19.2 Å². The van der Waals surface area contributed by atoms with Crippen LogP contribution >= 0.6 is 0 Å². The van der Waals surface area contributed by atoms with Gasteiger partial charge < -0.3 is 9.84 Å². The molecule has 3 rings (SSSR count). The number of ether oxygens (including phenoxy) is 1. The first-order valence-corrected chi connectivity index (χ1v) is 10.5. The first kappa shape index (κ1) is 25.1. The molecule has 0 atom stereocenters. The van der Waals surface area contributed by atoms with E-state index in [1.165, 1.54) is 12.3 Å². The highest BCUT2D eigenvalue weighted by molar-refractivity contribution is 6.00. The maximum absolute atomic E-state index is 15.1. The molecule has 3 heterocycles. The monoisotopic (exact) mass is 479 g/mol. The Labute approximate surface area is 192 Å². The Balaban J connectivity index is 2.12. The summed E-state index contributed by atoms with van der Waals surface area (Å²) in [4.78, 5) is 33.4. The van der Waals surface area contributed by atoms with Crippen LogP contribution in [0, 0.1) is 12.7 Å². The minimum Gasteiger partial charge on any atom is -0.474 e. The molecular formula is C22H24F3N5O4. The molecular weight excluding hydrogens is 455 g/mol. The van der Waals surface area contributed by atoms with Crippen LogP contribution in [0.3, 0.4) is 0 Å². The molecule has 0 bridgehead atoms. The van der Waals surface area contributed by atoms with Crippen molar-refractivity contribution in [3.63, 3.8) is 0 Å². The van der Waals surface area contributed by atoms with Crippen LogP contribution in [0.25, 0.3) is 5.82 Å². The molecule has 0 aliphatic carbocycles. The molecule has 0 saturated carbocycles. The third-order valence-corrected chi connectivity index (χ3v) is 5.04. The van der Waals surface area contributed by atoms with Crippen molar-refractivity contribution < 1.29 is 27.8 Å². The molecule has 3 aromatic heterocycles. The molecule has 0 fully saturated rings. The zero-order valence-corrected chi connectivity index (χ0v) is 19.0.